The third-order valence-electron chi connectivity index (χ3n) is 5.64. The first-order valence-corrected chi connectivity index (χ1v) is 11.7. The molecule has 1 aliphatic carbocycles. The van der Waals surface area contributed by atoms with Crippen LogP contribution in [0.25, 0.3) is 21.3 Å². The van der Waals surface area contributed by atoms with Gasteiger partial charge in [0.05, 0.1) is 11.1 Å². The Morgan fingerprint density at radius 2 is 2.10 bits per heavy atom. The van der Waals surface area contributed by atoms with E-state index in [2.05, 4.69) is 49.3 Å². The number of aryl methyl sites for hydroxylation is 2. The molecular formula is C22H25N3O2S2. The monoisotopic (exact) mass is 427 g/mol. The van der Waals surface area contributed by atoms with Crippen LogP contribution in [0.5, 0.6) is 0 Å². The predicted octanol–water partition coefficient (Wildman–Crippen LogP) is 4.29. The molecule has 7 heteroatoms. The lowest BCUT2D eigenvalue weighted by molar-refractivity contribution is -0.119. The average molecular weight is 428 g/mol. The maximum Gasteiger partial charge on any atom is 0.263 e. The zero-order valence-electron chi connectivity index (χ0n) is 17.1. The molecule has 1 fully saturated rings. The standard InChI is InChI=1S/C22H25N3O2S2/c1-12-5-6-16(9-13(12)2)17-10-28-20-19(17)21(27)25(4)22(24-20)29-11-18(26)23-14(3)15-7-8-15/h5-6,9-10,14-15H,7-8,11H2,1-4H3,(H,23,26). The normalized spacial score (nSPS) is 14.9. The molecule has 1 unspecified atom stereocenters. The molecule has 152 valence electrons. The molecule has 1 aliphatic rings. The minimum Gasteiger partial charge on any atom is -0.353 e. The largest absolute Gasteiger partial charge is 0.353 e. The molecule has 5 nitrogen and oxygen atoms in total. The summed E-state index contributed by atoms with van der Waals surface area (Å²) in [6.45, 7) is 6.21. The van der Waals surface area contributed by atoms with Crippen LogP contribution in [0.15, 0.2) is 33.5 Å². The molecule has 1 aromatic carbocycles. The van der Waals surface area contributed by atoms with Crippen molar-refractivity contribution in [2.45, 2.75) is 44.8 Å². The van der Waals surface area contributed by atoms with Gasteiger partial charge in [0.25, 0.3) is 5.56 Å². The van der Waals surface area contributed by atoms with E-state index < -0.39 is 0 Å². The summed E-state index contributed by atoms with van der Waals surface area (Å²) in [5.41, 5.74) is 4.32. The predicted molar refractivity (Wildman–Crippen MR) is 121 cm³/mol. The van der Waals surface area contributed by atoms with E-state index in [1.807, 2.05) is 5.38 Å². The van der Waals surface area contributed by atoms with Crippen LogP contribution in [0.4, 0.5) is 0 Å². The number of aromatic nitrogens is 2. The second kappa shape index (κ2) is 7.95. The lowest BCUT2D eigenvalue weighted by atomic mass is 10.0. The summed E-state index contributed by atoms with van der Waals surface area (Å²) in [4.78, 5) is 30.7. The highest BCUT2D eigenvalue weighted by Crippen LogP contribution is 2.33. The van der Waals surface area contributed by atoms with Crippen LogP contribution >= 0.6 is 23.1 Å². The molecule has 1 saturated carbocycles. The molecule has 2 aromatic heterocycles. The summed E-state index contributed by atoms with van der Waals surface area (Å²) in [6.07, 6.45) is 2.39. The second-order valence-electron chi connectivity index (χ2n) is 7.87. The Morgan fingerprint density at radius 1 is 1.34 bits per heavy atom. The molecule has 29 heavy (non-hydrogen) atoms. The number of thiophene rings is 1. The SMILES string of the molecule is Cc1ccc(-c2csc3nc(SCC(=O)NC(C)C4CC4)n(C)c(=O)c23)cc1C. The maximum absolute atomic E-state index is 13.1. The van der Waals surface area contributed by atoms with E-state index in [0.29, 0.717) is 16.5 Å². The molecule has 3 aromatic rings. The quantitative estimate of drug-likeness (QED) is 0.471. The molecule has 0 bridgehead atoms. The maximum atomic E-state index is 13.1. The van der Waals surface area contributed by atoms with Gasteiger partial charge in [-0.25, -0.2) is 4.98 Å². The van der Waals surface area contributed by atoms with E-state index in [9.17, 15) is 9.59 Å². The molecule has 0 saturated heterocycles. The van der Waals surface area contributed by atoms with Crippen molar-refractivity contribution in [2.75, 3.05) is 5.75 Å². The lowest BCUT2D eigenvalue weighted by Crippen LogP contribution is -2.35. The molecule has 1 atom stereocenters. The van der Waals surface area contributed by atoms with E-state index >= 15 is 0 Å². The Labute approximate surface area is 178 Å². The molecule has 0 spiro atoms. The first kappa shape index (κ1) is 20.2. The van der Waals surface area contributed by atoms with Gasteiger partial charge < -0.3 is 5.32 Å². The van der Waals surface area contributed by atoms with Gasteiger partial charge in [-0.3, -0.25) is 14.2 Å². The summed E-state index contributed by atoms with van der Waals surface area (Å²) in [5, 5.41) is 6.27. The van der Waals surface area contributed by atoms with Crippen LogP contribution in [0.3, 0.4) is 0 Å². The number of carbonyl (C=O) groups excluding carboxylic acids is 1. The van der Waals surface area contributed by atoms with Gasteiger partial charge in [-0.2, -0.15) is 0 Å². The van der Waals surface area contributed by atoms with E-state index in [4.69, 9.17) is 0 Å². The Balaban J connectivity index is 1.59. The van der Waals surface area contributed by atoms with Crippen molar-refractivity contribution in [3.63, 3.8) is 0 Å². The van der Waals surface area contributed by atoms with Gasteiger partial charge in [-0.1, -0.05) is 30.0 Å². The minimum atomic E-state index is -0.0706. The van der Waals surface area contributed by atoms with E-state index in [0.717, 1.165) is 16.0 Å². The van der Waals surface area contributed by atoms with Crippen molar-refractivity contribution in [1.29, 1.82) is 0 Å². The van der Waals surface area contributed by atoms with Crippen molar-refractivity contribution in [2.24, 2.45) is 13.0 Å². The fourth-order valence-electron chi connectivity index (χ4n) is 3.44. The summed E-state index contributed by atoms with van der Waals surface area (Å²) in [5.74, 6) is 0.876. The summed E-state index contributed by atoms with van der Waals surface area (Å²) < 4.78 is 1.56. The van der Waals surface area contributed by atoms with Crippen LogP contribution < -0.4 is 10.9 Å². The van der Waals surface area contributed by atoms with Gasteiger partial charge in [-0.05, 0) is 56.2 Å². The number of hydrogen-bond donors (Lipinski definition) is 1. The van der Waals surface area contributed by atoms with Crippen molar-refractivity contribution in [3.8, 4) is 11.1 Å². The third-order valence-corrected chi connectivity index (χ3v) is 7.54. The van der Waals surface area contributed by atoms with Crippen LogP contribution in [0, 0.1) is 19.8 Å². The van der Waals surface area contributed by atoms with Gasteiger partial charge in [-0.15, -0.1) is 11.3 Å². The van der Waals surface area contributed by atoms with E-state index in [1.54, 1.807) is 11.6 Å². The Kier molecular flexibility index (Phi) is 5.53. The first-order chi connectivity index (χ1) is 13.8. The third kappa shape index (κ3) is 4.12. The highest BCUT2D eigenvalue weighted by molar-refractivity contribution is 7.99. The number of thioether (sulfide) groups is 1. The molecule has 1 amide bonds. The number of benzene rings is 1. The van der Waals surface area contributed by atoms with Crippen LogP contribution in [-0.2, 0) is 11.8 Å². The van der Waals surface area contributed by atoms with E-state index in [1.165, 1.54) is 47.1 Å². The van der Waals surface area contributed by atoms with Gasteiger partial charge in [0, 0.05) is 24.0 Å². The average Bonchev–Trinajstić information content (AvgIpc) is 3.46. The number of carbonyl (C=O) groups is 1. The smallest absolute Gasteiger partial charge is 0.263 e. The van der Waals surface area contributed by atoms with Crippen molar-refractivity contribution in [1.82, 2.24) is 14.9 Å². The number of hydrogen-bond acceptors (Lipinski definition) is 5. The van der Waals surface area contributed by atoms with E-state index in [-0.39, 0.29) is 23.3 Å². The summed E-state index contributed by atoms with van der Waals surface area (Å²) in [6, 6.07) is 6.47. The summed E-state index contributed by atoms with van der Waals surface area (Å²) >= 11 is 2.79. The second-order valence-corrected chi connectivity index (χ2v) is 9.67. The van der Waals surface area contributed by atoms with Gasteiger partial charge in [0.1, 0.15) is 4.83 Å². The summed E-state index contributed by atoms with van der Waals surface area (Å²) in [7, 11) is 1.73. The van der Waals surface area contributed by atoms with Crippen molar-refractivity contribution < 1.29 is 4.79 Å². The van der Waals surface area contributed by atoms with Crippen LogP contribution in [0.2, 0.25) is 0 Å². The molecule has 1 N–H and O–H groups in total. The van der Waals surface area contributed by atoms with Crippen molar-refractivity contribution >= 4 is 39.2 Å². The number of fused-ring (bicyclic) bond motifs is 1. The first-order valence-electron chi connectivity index (χ1n) is 9.83. The van der Waals surface area contributed by atoms with Gasteiger partial charge >= 0.3 is 0 Å². The molecule has 4 rings (SSSR count). The molecule has 0 aliphatic heterocycles. The van der Waals surface area contributed by atoms with Crippen LogP contribution in [0.1, 0.15) is 30.9 Å². The molecule has 0 radical (unpaired) electrons. The Morgan fingerprint density at radius 3 is 2.79 bits per heavy atom. The molecule has 2 heterocycles. The fraction of sp³-hybridized carbons (Fsp3) is 0.409. The minimum absolute atomic E-state index is 0.00857. The topological polar surface area (TPSA) is 64.0 Å². The number of nitrogens with one attached hydrogen (secondary N) is 1. The number of nitrogens with zero attached hydrogens (tertiary/aromatic N) is 2. The fourth-order valence-corrected chi connectivity index (χ4v) is 5.21. The Bertz CT molecular complexity index is 1140. The Hall–Kier alpha value is -2.12. The van der Waals surface area contributed by atoms with Crippen LogP contribution in [-0.4, -0.2) is 27.3 Å². The zero-order chi connectivity index (χ0) is 20.7. The van der Waals surface area contributed by atoms with Gasteiger partial charge in [0.15, 0.2) is 5.16 Å². The lowest BCUT2D eigenvalue weighted by Gasteiger charge is -2.13. The molecular weight excluding hydrogens is 402 g/mol. The highest BCUT2D eigenvalue weighted by atomic mass is 32.2. The van der Waals surface area contributed by atoms with Gasteiger partial charge in [0.2, 0.25) is 5.91 Å². The van der Waals surface area contributed by atoms with Crippen molar-refractivity contribution in [3.05, 3.63) is 45.1 Å². The zero-order valence-corrected chi connectivity index (χ0v) is 18.7. The highest BCUT2D eigenvalue weighted by Gasteiger charge is 2.28. The number of rotatable bonds is 6. The number of amides is 1.